The summed E-state index contributed by atoms with van der Waals surface area (Å²) in [4.78, 5) is 11.1. The largest absolute Gasteiger partial charge is 0.513 e. The van der Waals surface area contributed by atoms with Gasteiger partial charge >= 0.3 is 6.16 Å². The summed E-state index contributed by atoms with van der Waals surface area (Å²) in [5.74, 6) is 0.303. The molecule has 0 atom stereocenters. The molecule has 0 saturated carbocycles. The molecule has 0 aromatic heterocycles. The molecule has 0 fully saturated rings. The Labute approximate surface area is 119 Å². The number of hydrogen-bond acceptors (Lipinski definition) is 4. The lowest BCUT2D eigenvalue weighted by atomic mass is 10.2. The highest BCUT2D eigenvalue weighted by atomic mass is 16.7. The topological polar surface area (TPSA) is 44.8 Å². The lowest BCUT2D eigenvalue weighted by molar-refractivity contribution is 0.0960. The van der Waals surface area contributed by atoms with Crippen LogP contribution in [0.5, 0.6) is 0 Å². The van der Waals surface area contributed by atoms with Gasteiger partial charge in [-0.2, -0.15) is 0 Å². The quantitative estimate of drug-likeness (QED) is 0.464. The molecule has 4 nitrogen and oxygen atoms in total. The standard InChI is InChI=1S/C16H18O4/c1-13(15(12-18-2)20-16(17)19-3)8-7-11-14-9-5-4-6-10-14/h4-12H,1-3H3. The normalized spacial score (nSPS) is 12.3. The molecule has 0 aliphatic heterocycles. The number of ether oxygens (including phenoxy) is 3. The summed E-state index contributed by atoms with van der Waals surface area (Å²) in [6.45, 7) is 1.81. The maximum atomic E-state index is 11.1. The van der Waals surface area contributed by atoms with Gasteiger partial charge in [-0.15, -0.1) is 0 Å². The summed E-state index contributed by atoms with van der Waals surface area (Å²) >= 11 is 0. The van der Waals surface area contributed by atoms with Crippen molar-refractivity contribution < 1.29 is 19.0 Å². The molecule has 20 heavy (non-hydrogen) atoms. The maximum absolute atomic E-state index is 11.1. The van der Waals surface area contributed by atoms with Gasteiger partial charge in [-0.25, -0.2) is 4.79 Å². The summed E-state index contributed by atoms with van der Waals surface area (Å²) in [5, 5.41) is 0. The van der Waals surface area contributed by atoms with Gasteiger partial charge in [0, 0.05) is 0 Å². The van der Waals surface area contributed by atoms with Gasteiger partial charge in [0.05, 0.1) is 14.2 Å². The van der Waals surface area contributed by atoms with Crippen LogP contribution < -0.4 is 0 Å². The average Bonchev–Trinajstić information content (AvgIpc) is 2.47. The molecular weight excluding hydrogens is 256 g/mol. The second-order valence-corrected chi connectivity index (χ2v) is 3.89. The van der Waals surface area contributed by atoms with E-state index in [1.165, 1.54) is 20.5 Å². The molecule has 1 aromatic carbocycles. The SMILES string of the molecule is COC=C(OC(=O)OC)C(C)=CC=Cc1ccccc1. The lowest BCUT2D eigenvalue weighted by Gasteiger charge is -2.06. The summed E-state index contributed by atoms with van der Waals surface area (Å²) < 4.78 is 14.3. The number of carbonyl (C=O) groups excluding carboxylic acids is 1. The van der Waals surface area contributed by atoms with Crippen LogP contribution in [0.4, 0.5) is 4.79 Å². The molecule has 0 aliphatic rings. The fourth-order valence-electron chi connectivity index (χ4n) is 1.39. The van der Waals surface area contributed by atoms with Crippen molar-refractivity contribution in [1.82, 2.24) is 0 Å². The van der Waals surface area contributed by atoms with Crippen molar-refractivity contribution in [3.05, 3.63) is 65.6 Å². The van der Waals surface area contributed by atoms with Gasteiger partial charge in [-0.3, -0.25) is 0 Å². The second kappa shape index (κ2) is 8.58. The molecule has 0 unspecified atom stereocenters. The second-order valence-electron chi connectivity index (χ2n) is 3.89. The van der Waals surface area contributed by atoms with E-state index in [0.717, 1.165) is 11.1 Å². The van der Waals surface area contributed by atoms with E-state index in [-0.39, 0.29) is 0 Å². The zero-order chi connectivity index (χ0) is 14.8. The average molecular weight is 274 g/mol. The van der Waals surface area contributed by atoms with Crippen molar-refractivity contribution in [2.24, 2.45) is 0 Å². The van der Waals surface area contributed by atoms with Crippen molar-refractivity contribution in [2.45, 2.75) is 6.92 Å². The number of rotatable bonds is 5. The Balaban J connectivity index is 2.76. The zero-order valence-corrected chi connectivity index (χ0v) is 11.8. The first-order chi connectivity index (χ1) is 9.67. The number of benzene rings is 1. The Kier molecular flexibility index (Phi) is 6.68. The van der Waals surface area contributed by atoms with E-state index in [1.54, 1.807) is 0 Å². The van der Waals surface area contributed by atoms with Crippen LogP contribution in [0.2, 0.25) is 0 Å². The molecule has 106 valence electrons. The van der Waals surface area contributed by atoms with E-state index in [0.29, 0.717) is 5.76 Å². The molecule has 0 N–H and O–H groups in total. The molecule has 0 amide bonds. The number of hydrogen-bond donors (Lipinski definition) is 0. The van der Waals surface area contributed by atoms with Crippen LogP contribution in [-0.4, -0.2) is 20.4 Å². The zero-order valence-electron chi connectivity index (χ0n) is 11.8. The Morgan fingerprint density at radius 2 is 1.85 bits per heavy atom. The first-order valence-corrected chi connectivity index (χ1v) is 6.06. The molecule has 0 heterocycles. The van der Waals surface area contributed by atoms with Crippen LogP contribution in [0.1, 0.15) is 12.5 Å². The first kappa shape index (κ1) is 15.6. The molecule has 0 saturated heterocycles. The number of carbonyl (C=O) groups is 1. The minimum atomic E-state index is -0.784. The summed E-state index contributed by atoms with van der Waals surface area (Å²) in [6.07, 6.45) is 6.20. The molecule has 4 heteroatoms. The van der Waals surface area contributed by atoms with Gasteiger partial charge in [0.1, 0.15) is 6.26 Å². The third kappa shape index (κ3) is 5.44. The Hall–Kier alpha value is -2.49. The van der Waals surface area contributed by atoms with Gasteiger partial charge in [0.15, 0.2) is 5.76 Å². The van der Waals surface area contributed by atoms with Crippen LogP contribution in [0.25, 0.3) is 6.08 Å². The monoisotopic (exact) mass is 274 g/mol. The van der Waals surface area contributed by atoms with Crippen LogP contribution in [0.15, 0.2) is 60.1 Å². The Morgan fingerprint density at radius 3 is 2.45 bits per heavy atom. The minimum Gasteiger partial charge on any atom is -0.500 e. The predicted molar refractivity (Wildman–Crippen MR) is 77.8 cm³/mol. The van der Waals surface area contributed by atoms with Crippen LogP contribution in [0, 0.1) is 0 Å². The van der Waals surface area contributed by atoms with E-state index >= 15 is 0 Å². The molecular formula is C16H18O4. The molecule has 0 radical (unpaired) electrons. The smallest absolute Gasteiger partial charge is 0.500 e. The highest BCUT2D eigenvalue weighted by molar-refractivity contribution is 5.62. The van der Waals surface area contributed by atoms with Crippen molar-refractivity contribution >= 4 is 12.2 Å². The van der Waals surface area contributed by atoms with Crippen LogP contribution in [0.3, 0.4) is 0 Å². The van der Waals surface area contributed by atoms with E-state index in [4.69, 9.17) is 9.47 Å². The summed E-state index contributed by atoms with van der Waals surface area (Å²) in [5.41, 5.74) is 1.83. The Morgan fingerprint density at radius 1 is 1.15 bits per heavy atom. The van der Waals surface area contributed by atoms with Gasteiger partial charge in [0.25, 0.3) is 0 Å². The maximum Gasteiger partial charge on any atom is 0.513 e. The molecule has 0 bridgehead atoms. The first-order valence-electron chi connectivity index (χ1n) is 6.06. The van der Waals surface area contributed by atoms with E-state index in [1.807, 2.05) is 55.5 Å². The van der Waals surface area contributed by atoms with E-state index in [9.17, 15) is 4.79 Å². The molecule has 0 aliphatic carbocycles. The Bertz CT molecular complexity index is 513. The van der Waals surface area contributed by atoms with Crippen LogP contribution >= 0.6 is 0 Å². The third-order valence-corrected chi connectivity index (χ3v) is 2.41. The molecule has 0 spiro atoms. The van der Waals surface area contributed by atoms with Crippen molar-refractivity contribution in [3.8, 4) is 0 Å². The fourth-order valence-corrected chi connectivity index (χ4v) is 1.39. The van der Waals surface area contributed by atoms with Gasteiger partial charge in [0.2, 0.25) is 0 Å². The molecule has 1 rings (SSSR count). The summed E-state index contributed by atoms with van der Waals surface area (Å²) in [7, 11) is 2.73. The van der Waals surface area contributed by atoms with Crippen molar-refractivity contribution in [2.75, 3.05) is 14.2 Å². The molecule has 1 aromatic rings. The fraction of sp³-hybridized carbons (Fsp3) is 0.188. The lowest BCUT2D eigenvalue weighted by Crippen LogP contribution is -2.05. The number of methoxy groups -OCH3 is 2. The van der Waals surface area contributed by atoms with E-state index < -0.39 is 6.16 Å². The van der Waals surface area contributed by atoms with Gasteiger partial charge in [-0.1, -0.05) is 48.6 Å². The van der Waals surface area contributed by atoms with Crippen molar-refractivity contribution in [3.63, 3.8) is 0 Å². The van der Waals surface area contributed by atoms with E-state index in [2.05, 4.69) is 4.74 Å². The van der Waals surface area contributed by atoms with Crippen LogP contribution in [-0.2, 0) is 14.2 Å². The highest BCUT2D eigenvalue weighted by Gasteiger charge is 2.08. The van der Waals surface area contributed by atoms with Gasteiger partial charge in [-0.05, 0) is 18.1 Å². The number of allylic oxidation sites excluding steroid dienone is 3. The summed E-state index contributed by atoms with van der Waals surface area (Å²) in [6, 6.07) is 9.88. The van der Waals surface area contributed by atoms with Gasteiger partial charge < -0.3 is 14.2 Å². The third-order valence-electron chi connectivity index (χ3n) is 2.41. The van der Waals surface area contributed by atoms with Crippen molar-refractivity contribution in [1.29, 1.82) is 0 Å². The minimum absolute atomic E-state index is 0.303. The predicted octanol–water partition coefficient (Wildman–Crippen LogP) is 3.92. The highest BCUT2D eigenvalue weighted by Crippen LogP contribution is 2.13.